The Balaban J connectivity index is 4.67. The number of aliphatic hydroxyl groups is 2. The van der Waals surface area contributed by atoms with Gasteiger partial charge in [0.1, 0.15) is 25.4 Å². The predicted molar refractivity (Wildman–Crippen MR) is 316 cm³/mol. The van der Waals surface area contributed by atoms with E-state index in [0.717, 1.165) is 128 Å². The zero-order valence-corrected chi connectivity index (χ0v) is 50.6. The first kappa shape index (κ1) is 75.7. The Kier molecular flexibility index (Phi) is 53.0. The summed E-state index contributed by atoms with van der Waals surface area (Å²) < 4.78 is 60.5. The fraction of sp³-hybridized carbons (Fsp3) is 0.721. The molecule has 456 valence electrons. The third-order valence-electron chi connectivity index (χ3n) is 12.1. The summed E-state index contributed by atoms with van der Waals surface area (Å²) >= 11 is 0. The van der Waals surface area contributed by atoms with Crippen molar-refractivity contribution in [1.82, 2.24) is 0 Å². The van der Waals surface area contributed by atoms with Gasteiger partial charge in [0.15, 0.2) is 6.10 Å². The number of phosphoric acid groups is 2. The van der Waals surface area contributed by atoms with E-state index in [2.05, 4.69) is 106 Å². The number of unbranched alkanes of at least 4 members (excludes halogenated alkanes) is 19. The topological polar surface area (TPSA) is 231 Å². The predicted octanol–water partition coefficient (Wildman–Crippen LogP) is 15.4. The summed E-state index contributed by atoms with van der Waals surface area (Å²) in [5.41, 5.74) is 0. The summed E-state index contributed by atoms with van der Waals surface area (Å²) in [6.45, 7) is 2.36. The van der Waals surface area contributed by atoms with Crippen LogP contribution in [0.5, 0.6) is 0 Å². The van der Waals surface area contributed by atoms with Crippen LogP contribution in [-0.2, 0) is 55.8 Å². The van der Waals surface area contributed by atoms with Gasteiger partial charge < -0.3 is 34.2 Å². The van der Waals surface area contributed by atoms with Crippen LogP contribution in [0.1, 0.15) is 226 Å². The van der Waals surface area contributed by atoms with E-state index >= 15 is 0 Å². The molecule has 0 rings (SSSR count). The lowest BCUT2D eigenvalue weighted by Gasteiger charge is -2.21. The number of hydrogen-bond acceptors (Lipinski definition) is 14. The summed E-state index contributed by atoms with van der Waals surface area (Å²) in [7, 11) is -9.76. The van der Waals surface area contributed by atoms with E-state index < -0.39 is 91.5 Å². The van der Waals surface area contributed by atoms with Crippen LogP contribution >= 0.6 is 15.6 Å². The van der Waals surface area contributed by atoms with Crippen LogP contribution in [-0.4, -0.2) is 95.9 Å². The first-order chi connectivity index (χ1) is 38.2. The molecule has 0 aromatic carbocycles. The van der Waals surface area contributed by atoms with Crippen molar-refractivity contribution in [2.75, 3.05) is 39.6 Å². The maximum atomic E-state index is 12.8. The Hall–Kier alpha value is -3.27. The largest absolute Gasteiger partial charge is 0.472 e. The molecule has 18 heteroatoms. The molecule has 4 N–H and O–H groups in total. The number of phosphoric ester groups is 2. The molecule has 0 saturated carbocycles. The number of carbonyl (C=O) groups is 3. The molecule has 16 nitrogen and oxygen atoms in total. The Bertz CT molecular complexity index is 1790. The van der Waals surface area contributed by atoms with Gasteiger partial charge in [-0.15, -0.1) is 0 Å². The SMILES string of the molecule is CC/C=C\C/C=C\C/C=C\C/C=C\CCCCCCC(=O)OCC(O)COP(=O)(O)OCC(O)COP(=O)(O)OCC(COC(=O)CCCCCCC/C=C\C/C=C\C/C=C\CC)OC(=O)CCCCCCCCCCCCC. The van der Waals surface area contributed by atoms with Gasteiger partial charge in [-0.1, -0.05) is 202 Å². The molecule has 0 amide bonds. The van der Waals surface area contributed by atoms with Crippen molar-refractivity contribution in [3.05, 3.63) is 85.1 Å². The highest BCUT2D eigenvalue weighted by Gasteiger charge is 2.29. The van der Waals surface area contributed by atoms with Crippen molar-refractivity contribution in [2.24, 2.45) is 0 Å². The van der Waals surface area contributed by atoms with Gasteiger partial charge in [-0.2, -0.15) is 0 Å². The minimum atomic E-state index is -4.92. The Morgan fingerprint density at radius 3 is 1.06 bits per heavy atom. The minimum Gasteiger partial charge on any atom is -0.463 e. The molecule has 0 bridgehead atoms. The zero-order chi connectivity index (χ0) is 58.2. The normalized spacial score (nSPS) is 15.1. The first-order valence-corrected chi connectivity index (χ1v) is 32.9. The molecule has 79 heavy (non-hydrogen) atoms. The monoisotopic (exact) mass is 1160 g/mol. The highest BCUT2D eigenvalue weighted by molar-refractivity contribution is 7.47. The van der Waals surface area contributed by atoms with Crippen LogP contribution in [0.2, 0.25) is 0 Å². The van der Waals surface area contributed by atoms with Crippen LogP contribution in [0.15, 0.2) is 85.1 Å². The molecule has 5 unspecified atom stereocenters. The van der Waals surface area contributed by atoms with Crippen LogP contribution in [0, 0.1) is 0 Å². The molecular formula is C61H106O16P2. The molecule has 0 heterocycles. The molecule has 0 aliphatic rings. The highest BCUT2D eigenvalue weighted by Crippen LogP contribution is 2.45. The van der Waals surface area contributed by atoms with Gasteiger partial charge in [-0.3, -0.25) is 32.5 Å². The van der Waals surface area contributed by atoms with Crippen LogP contribution in [0.3, 0.4) is 0 Å². The number of allylic oxidation sites excluding steroid dienone is 14. The van der Waals surface area contributed by atoms with Crippen molar-refractivity contribution in [2.45, 2.75) is 245 Å². The molecule has 0 fully saturated rings. The van der Waals surface area contributed by atoms with Crippen molar-refractivity contribution >= 4 is 33.6 Å². The second-order valence-corrected chi connectivity index (χ2v) is 22.7. The van der Waals surface area contributed by atoms with E-state index in [1.807, 2.05) is 0 Å². The fourth-order valence-electron chi connectivity index (χ4n) is 7.57. The number of aliphatic hydroxyl groups excluding tert-OH is 2. The lowest BCUT2D eigenvalue weighted by atomic mass is 10.1. The van der Waals surface area contributed by atoms with Gasteiger partial charge in [-0.05, 0) is 89.9 Å². The summed E-state index contributed by atoms with van der Waals surface area (Å²) in [6.07, 6.45) is 55.1. The minimum absolute atomic E-state index is 0.102. The summed E-state index contributed by atoms with van der Waals surface area (Å²) in [6, 6.07) is 0. The Morgan fingerprint density at radius 1 is 0.367 bits per heavy atom. The van der Waals surface area contributed by atoms with Crippen LogP contribution in [0.25, 0.3) is 0 Å². The average Bonchev–Trinajstić information content (AvgIpc) is 3.42. The maximum Gasteiger partial charge on any atom is 0.472 e. The standard InChI is InChI=1S/C61H106O16P2/c1-4-7-10-13-16-19-22-24-26-27-29-31-33-35-38-41-44-47-59(64)71-50-56(62)51-73-78(67,68)74-52-57(63)53-75-79(69,70)76-55-58(77-61(66)49-46-43-40-37-32-21-18-15-12-9-6-3)54-72-60(65)48-45-42-39-36-34-30-28-25-23-20-17-14-11-8-5-2/h7-8,10-11,16-17,19-20,24-26,28-29,31,56-58,62-63H,4-6,9,12-15,18,21-23,27,30,32-55H2,1-3H3,(H,67,68)(H,69,70)/b10-7-,11-8-,19-16-,20-17-,26-24-,28-25-,31-29-. The first-order valence-electron chi connectivity index (χ1n) is 29.9. The van der Waals surface area contributed by atoms with Gasteiger partial charge in [0, 0.05) is 19.3 Å². The van der Waals surface area contributed by atoms with E-state index in [4.69, 9.17) is 32.3 Å². The van der Waals surface area contributed by atoms with E-state index in [0.29, 0.717) is 19.3 Å². The van der Waals surface area contributed by atoms with Gasteiger partial charge in [0.05, 0.1) is 26.4 Å². The molecule has 0 aliphatic carbocycles. The molecule has 0 aliphatic heterocycles. The molecular weight excluding hydrogens is 1050 g/mol. The summed E-state index contributed by atoms with van der Waals surface area (Å²) in [5.74, 6) is -1.62. The Morgan fingerprint density at radius 2 is 0.671 bits per heavy atom. The zero-order valence-electron chi connectivity index (χ0n) is 48.8. The number of ether oxygens (including phenoxy) is 3. The summed E-state index contributed by atoms with van der Waals surface area (Å²) in [4.78, 5) is 58.0. The van der Waals surface area contributed by atoms with Gasteiger partial charge >= 0.3 is 33.6 Å². The number of carbonyl (C=O) groups excluding carboxylic acids is 3. The second kappa shape index (κ2) is 55.3. The lowest BCUT2D eigenvalue weighted by molar-refractivity contribution is -0.161. The quantitative estimate of drug-likeness (QED) is 0.0146. The number of hydrogen-bond donors (Lipinski definition) is 4. The van der Waals surface area contributed by atoms with Gasteiger partial charge in [0.25, 0.3) is 0 Å². The molecule has 0 aromatic rings. The highest BCUT2D eigenvalue weighted by atomic mass is 31.2. The molecule has 0 spiro atoms. The number of esters is 3. The maximum absolute atomic E-state index is 12.8. The molecule has 0 aromatic heterocycles. The molecule has 0 radical (unpaired) electrons. The van der Waals surface area contributed by atoms with Crippen LogP contribution < -0.4 is 0 Å². The van der Waals surface area contributed by atoms with Crippen molar-refractivity contribution < 1.29 is 75.8 Å². The van der Waals surface area contributed by atoms with Crippen molar-refractivity contribution in [1.29, 1.82) is 0 Å². The van der Waals surface area contributed by atoms with Gasteiger partial charge in [0.2, 0.25) is 0 Å². The third kappa shape index (κ3) is 56.4. The summed E-state index contributed by atoms with van der Waals surface area (Å²) in [5, 5.41) is 20.4. The van der Waals surface area contributed by atoms with Crippen molar-refractivity contribution in [3.8, 4) is 0 Å². The molecule has 5 atom stereocenters. The second-order valence-electron chi connectivity index (χ2n) is 19.7. The Labute approximate surface area is 476 Å². The van der Waals surface area contributed by atoms with E-state index in [-0.39, 0.29) is 19.3 Å². The van der Waals surface area contributed by atoms with Crippen molar-refractivity contribution in [3.63, 3.8) is 0 Å². The number of rotatable bonds is 56. The fourth-order valence-corrected chi connectivity index (χ4v) is 9.16. The average molecular weight is 1160 g/mol. The molecule has 0 saturated heterocycles. The van der Waals surface area contributed by atoms with E-state index in [1.54, 1.807) is 0 Å². The third-order valence-corrected chi connectivity index (χ3v) is 14.0. The van der Waals surface area contributed by atoms with E-state index in [1.165, 1.54) is 38.5 Å². The smallest absolute Gasteiger partial charge is 0.463 e. The van der Waals surface area contributed by atoms with Crippen LogP contribution in [0.4, 0.5) is 0 Å². The van der Waals surface area contributed by atoms with E-state index in [9.17, 15) is 43.5 Å². The lowest BCUT2D eigenvalue weighted by Crippen LogP contribution is -2.30. The van der Waals surface area contributed by atoms with Gasteiger partial charge in [-0.25, -0.2) is 9.13 Å².